The molecule has 3 rings (SSSR count). The van der Waals surface area contributed by atoms with E-state index < -0.39 is 0 Å². The lowest BCUT2D eigenvalue weighted by Gasteiger charge is -2.32. The molecule has 0 atom stereocenters. The van der Waals surface area contributed by atoms with Crippen LogP contribution in [0.4, 0.5) is 5.82 Å². The van der Waals surface area contributed by atoms with Crippen molar-refractivity contribution in [2.45, 2.75) is 58.1 Å². The third-order valence-electron chi connectivity index (χ3n) is 4.75. The number of anilines is 1. The van der Waals surface area contributed by atoms with Gasteiger partial charge in [0, 0.05) is 42.9 Å². The minimum absolute atomic E-state index is 0. The molecule has 2 heterocycles. The molecule has 2 aromatic heterocycles. The molecular weight excluding hydrogens is 389 g/mol. The average molecular weight is 418 g/mol. The molecular formula is C18H29Cl2N5O2. The summed E-state index contributed by atoms with van der Waals surface area (Å²) in [6.45, 7) is 5.19. The molecule has 0 amide bonds. The fourth-order valence-electron chi connectivity index (χ4n) is 3.25. The Morgan fingerprint density at radius 2 is 2.00 bits per heavy atom. The molecule has 0 bridgehead atoms. The Bertz CT molecular complexity index is 700. The number of halogens is 2. The molecule has 1 saturated carbocycles. The first kappa shape index (κ1) is 23.6. The molecule has 0 saturated heterocycles. The van der Waals surface area contributed by atoms with E-state index in [1.807, 2.05) is 19.9 Å². The molecule has 0 aliphatic heterocycles. The number of ether oxygens (including phenoxy) is 1. The molecule has 3 N–H and O–H groups in total. The first-order chi connectivity index (χ1) is 12.1. The smallest absolute Gasteiger partial charge is 0.156 e. The molecule has 0 radical (unpaired) electrons. The monoisotopic (exact) mass is 417 g/mol. The maximum atomic E-state index is 5.91. The highest BCUT2D eigenvalue weighted by Crippen LogP contribution is 2.35. The zero-order valence-corrected chi connectivity index (χ0v) is 17.7. The van der Waals surface area contributed by atoms with Gasteiger partial charge in [-0.1, -0.05) is 5.16 Å². The summed E-state index contributed by atoms with van der Waals surface area (Å²) in [5, 5.41) is 7.41. The Morgan fingerprint density at radius 1 is 1.26 bits per heavy atom. The van der Waals surface area contributed by atoms with Gasteiger partial charge in [0.25, 0.3) is 0 Å². The number of methoxy groups -OCH3 is 1. The van der Waals surface area contributed by atoms with Gasteiger partial charge in [-0.3, -0.25) is 0 Å². The van der Waals surface area contributed by atoms with Crippen LogP contribution in [-0.2, 0) is 17.8 Å². The molecule has 152 valence electrons. The van der Waals surface area contributed by atoms with E-state index in [1.165, 1.54) is 5.56 Å². The summed E-state index contributed by atoms with van der Waals surface area (Å²) in [5.41, 5.74) is 9.16. The van der Waals surface area contributed by atoms with Crippen LogP contribution in [0, 0.1) is 13.8 Å². The van der Waals surface area contributed by atoms with Gasteiger partial charge in [-0.25, -0.2) is 9.97 Å². The average Bonchev–Trinajstić information content (AvgIpc) is 2.87. The molecule has 1 aliphatic rings. The van der Waals surface area contributed by atoms with Crippen LogP contribution in [0.3, 0.4) is 0 Å². The van der Waals surface area contributed by atoms with E-state index in [-0.39, 0.29) is 24.8 Å². The predicted molar refractivity (Wildman–Crippen MR) is 110 cm³/mol. The van der Waals surface area contributed by atoms with Crippen molar-refractivity contribution in [2.75, 3.05) is 19.0 Å². The van der Waals surface area contributed by atoms with Crippen LogP contribution < -0.4 is 11.1 Å². The fourth-order valence-corrected chi connectivity index (χ4v) is 3.25. The number of aryl methyl sites for hydroxylation is 2. The van der Waals surface area contributed by atoms with Crippen molar-refractivity contribution in [1.82, 2.24) is 15.1 Å². The highest BCUT2D eigenvalue weighted by Gasteiger charge is 2.29. The van der Waals surface area contributed by atoms with Gasteiger partial charge in [-0.05, 0) is 39.5 Å². The summed E-state index contributed by atoms with van der Waals surface area (Å²) in [4.78, 5) is 9.16. The summed E-state index contributed by atoms with van der Waals surface area (Å²) < 4.78 is 10.4. The number of aromatic nitrogens is 3. The first-order valence-corrected chi connectivity index (χ1v) is 8.84. The maximum absolute atomic E-state index is 5.91. The molecule has 1 fully saturated rings. The van der Waals surface area contributed by atoms with Crippen molar-refractivity contribution in [2.24, 2.45) is 5.73 Å². The molecule has 9 heteroatoms. The molecule has 7 nitrogen and oxygen atoms in total. The van der Waals surface area contributed by atoms with E-state index in [0.717, 1.165) is 55.2 Å². The summed E-state index contributed by atoms with van der Waals surface area (Å²) >= 11 is 0. The Morgan fingerprint density at radius 3 is 2.59 bits per heavy atom. The van der Waals surface area contributed by atoms with E-state index in [4.69, 9.17) is 15.0 Å². The number of rotatable bonds is 8. The van der Waals surface area contributed by atoms with Crippen molar-refractivity contribution >= 4 is 30.6 Å². The van der Waals surface area contributed by atoms with Crippen LogP contribution >= 0.6 is 24.8 Å². The first-order valence-electron chi connectivity index (χ1n) is 8.84. The molecule has 0 aromatic carbocycles. The molecule has 0 spiro atoms. The van der Waals surface area contributed by atoms with Gasteiger partial charge in [0.15, 0.2) is 5.82 Å². The van der Waals surface area contributed by atoms with Gasteiger partial charge in [-0.15, -0.1) is 24.8 Å². The zero-order valence-electron chi connectivity index (χ0n) is 16.0. The minimum Gasteiger partial charge on any atom is -0.377 e. The maximum Gasteiger partial charge on any atom is 0.156 e. The van der Waals surface area contributed by atoms with E-state index in [2.05, 4.69) is 20.4 Å². The van der Waals surface area contributed by atoms with E-state index in [1.54, 1.807) is 7.11 Å². The third-order valence-corrected chi connectivity index (χ3v) is 4.75. The molecule has 1 aliphatic carbocycles. The highest BCUT2D eigenvalue weighted by molar-refractivity contribution is 5.85. The Kier molecular flexibility index (Phi) is 9.45. The minimum atomic E-state index is 0. The summed E-state index contributed by atoms with van der Waals surface area (Å²) in [6.07, 6.45) is 3.91. The summed E-state index contributed by atoms with van der Waals surface area (Å²) in [7, 11) is 1.66. The quantitative estimate of drug-likeness (QED) is 0.635. The second kappa shape index (κ2) is 10.8. The lowest BCUT2D eigenvalue weighted by molar-refractivity contribution is 0.177. The largest absolute Gasteiger partial charge is 0.377 e. The van der Waals surface area contributed by atoms with Crippen LogP contribution in [0.2, 0.25) is 0 Å². The lowest BCUT2D eigenvalue weighted by Crippen LogP contribution is -2.35. The Labute approximate surface area is 172 Å². The number of nitrogens with two attached hydrogens (primary N) is 1. The number of hydrogen-bond acceptors (Lipinski definition) is 7. The number of nitrogens with zero attached hydrogens (tertiary/aromatic N) is 3. The van der Waals surface area contributed by atoms with Gasteiger partial charge < -0.3 is 20.3 Å². The van der Waals surface area contributed by atoms with Gasteiger partial charge in [-0.2, -0.15) is 0 Å². The molecule has 27 heavy (non-hydrogen) atoms. The second-order valence-electron chi connectivity index (χ2n) is 6.79. The second-order valence-corrected chi connectivity index (χ2v) is 6.79. The van der Waals surface area contributed by atoms with Crippen molar-refractivity contribution < 1.29 is 9.26 Å². The fraction of sp³-hybridized carbons (Fsp3) is 0.611. The lowest BCUT2D eigenvalue weighted by atomic mass is 9.78. The Hall–Kier alpha value is -1.41. The van der Waals surface area contributed by atoms with Crippen molar-refractivity contribution in [3.8, 4) is 0 Å². The number of nitrogens with one attached hydrogen (secondary N) is 1. The summed E-state index contributed by atoms with van der Waals surface area (Å²) in [5.74, 6) is 2.92. The van der Waals surface area contributed by atoms with Gasteiger partial charge >= 0.3 is 0 Å². The van der Waals surface area contributed by atoms with Crippen molar-refractivity contribution in [3.63, 3.8) is 0 Å². The highest BCUT2D eigenvalue weighted by atomic mass is 35.5. The topological polar surface area (TPSA) is 99.1 Å². The molecule has 2 aromatic rings. The van der Waals surface area contributed by atoms with Gasteiger partial charge in [0.05, 0.1) is 5.69 Å². The van der Waals surface area contributed by atoms with Gasteiger partial charge in [0.2, 0.25) is 0 Å². The van der Waals surface area contributed by atoms with Crippen molar-refractivity contribution in [3.05, 3.63) is 34.6 Å². The third kappa shape index (κ3) is 6.04. The van der Waals surface area contributed by atoms with Crippen molar-refractivity contribution in [1.29, 1.82) is 0 Å². The van der Waals surface area contributed by atoms with Crippen LogP contribution in [0.5, 0.6) is 0 Å². The standard InChI is InChI=1S/C18H27N5O2.2ClH/c1-11-15(12(2)25-23-11)5-4-6-20-17-9-16(13-7-14(19)8-13)21-18(22-17)10-24-3;;/h9,13-14H,4-8,10,19H2,1-3H3,(H,20,21,22);2*1H. The molecule has 0 unspecified atom stereocenters. The SMILES string of the molecule is COCc1nc(NCCCc2c(C)noc2C)cc(C2CC(N)C2)n1.Cl.Cl. The van der Waals surface area contributed by atoms with E-state index in [9.17, 15) is 0 Å². The van der Waals surface area contributed by atoms with E-state index in [0.29, 0.717) is 24.4 Å². The Balaban J connectivity index is 0.00000182. The van der Waals surface area contributed by atoms with E-state index >= 15 is 0 Å². The van der Waals surface area contributed by atoms with Crippen LogP contribution in [-0.4, -0.2) is 34.8 Å². The van der Waals surface area contributed by atoms with Crippen LogP contribution in [0.25, 0.3) is 0 Å². The predicted octanol–water partition coefficient (Wildman–Crippen LogP) is 3.32. The zero-order chi connectivity index (χ0) is 17.8. The summed E-state index contributed by atoms with van der Waals surface area (Å²) in [6, 6.07) is 2.35. The van der Waals surface area contributed by atoms with Crippen LogP contribution in [0.1, 0.15) is 53.7 Å². The number of hydrogen-bond donors (Lipinski definition) is 2. The normalized spacial score (nSPS) is 18.2. The van der Waals surface area contributed by atoms with Gasteiger partial charge in [0.1, 0.15) is 18.2 Å². The van der Waals surface area contributed by atoms with Crippen LogP contribution in [0.15, 0.2) is 10.6 Å².